The highest BCUT2D eigenvalue weighted by Crippen LogP contribution is 2.00. The number of carbonyl (C=O) groups excluding carboxylic acids is 1. The van der Waals surface area contributed by atoms with Gasteiger partial charge in [0.05, 0.1) is 0 Å². The molecule has 0 aromatic heterocycles. The fraction of sp³-hybridized carbons (Fsp3) is 0.875. The van der Waals surface area contributed by atoms with Crippen LogP contribution in [0.2, 0.25) is 0 Å². The lowest BCUT2D eigenvalue weighted by Crippen LogP contribution is -2.00. The van der Waals surface area contributed by atoms with Gasteiger partial charge in [0.2, 0.25) is 0 Å². The first kappa shape index (κ1) is 11.1. The van der Waals surface area contributed by atoms with Crippen molar-refractivity contribution in [1.29, 1.82) is 0 Å². The number of hydrogen-bond donors (Lipinski definition) is 0. The Morgan fingerprint density at radius 2 is 2.00 bits per heavy atom. The number of Topliss-reactive ketones (excluding diaryl/α,β-unsaturated/α-hetero) is 1. The van der Waals surface area contributed by atoms with Gasteiger partial charge in [-0.25, -0.2) is 0 Å². The van der Waals surface area contributed by atoms with E-state index in [9.17, 15) is 4.79 Å². The Labute approximate surface area is 76.4 Å². The van der Waals surface area contributed by atoms with Crippen molar-refractivity contribution >= 4 is 21.7 Å². The molecule has 0 heterocycles. The van der Waals surface area contributed by atoms with Gasteiger partial charge in [-0.15, -0.1) is 0 Å². The van der Waals surface area contributed by atoms with Crippen molar-refractivity contribution in [3.63, 3.8) is 0 Å². The molecule has 0 saturated heterocycles. The highest BCUT2D eigenvalue weighted by molar-refractivity contribution is 9.09. The molecule has 3 heteroatoms. The van der Waals surface area contributed by atoms with Crippen molar-refractivity contribution in [3.8, 4) is 0 Å². The van der Waals surface area contributed by atoms with Crippen LogP contribution < -0.4 is 0 Å². The van der Waals surface area contributed by atoms with Gasteiger partial charge in [0.1, 0.15) is 5.78 Å². The third-order valence-corrected chi connectivity index (χ3v) is 1.95. The zero-order valence-corrected chi connectivity index (χ0v) is 8.52. The molecule has 0 aliphatic heterocycles. The Kier molecular flexibility index (Phi) is 8.29. The van der Waals surface area contributed by atoms with Gasteiger partial charge in [-0.3, -0.25) is 4.79 Å². The van der Waals surface area contributed by atoms with Crippen LogP contribution in [0.3, 0.4) is 0 Å². The van der Waals surface area contributed by atoms with Gasteiger partial charge in [0.15, 0.2) is 0 Å². The minimum Gasteiger partial charge on any atom is -0.385 e. The minimum absolute atomic E-state index is 0.349. The SMILES string of the molecule is COCCCC(=O)CCCBr. The summed E-state index contributed by atoms with van der Waals surface area (Å²) in [5.41, 5.74) is 0. The summed E-state index contributed by atoms with van der Waals surface area (Å²) in [6.45, 7) is 0.694. The summed E-state index contributed by atoms with van der Waals surface area (Å²) in [6, 6.07) is 0. The molecule has 0 spiro atoms. The first-order valence-corrected chi connectivity index (χ1v) is 5.00. The van der Waals surface area contributed by atoms with Gasteiger partial charge in [-0.05, 0) is 12.8 Å². The van der Waals surface area contributed by atoms with E-state index in [1.54, 1.807) is 7.11 Å². The third-order valence-electron chi connectivity index (χ3n) is 1.39. The quantitative estimate of drug-likeness (QED) is 0.488. The van der Waals surface area contributed by atoms with Gasteiger partial charge >= 0.3 is 0 Å². The van der Waals surface area contributed by atoms with Crippen molar-refractivity contribution < 1.29 is 9.53 Å². The van der Waals surface area contributed by atoms with E-state index in [0.29, 0.717) is 25.2 Å². The molecule has 0 aliphatic carbocycles. The highest BCUT2D eigenvalue weighted by atomic mass is 79.9. The summed E-state index contributed by atoms with van der Waals surface area (Å²) in [7, 11) is 1.66. The van der Waals surface area contributed by atoms with Crippen molar-refractivity contribution in [2.24, 2.45) is 0 Å². The Balaban J connectivity index is 3.09. The Bertz CT molecular complexity index is 104. The van der Waals surface area contributed by atoms with Crippen LogP contribution in [0.25, 0.3) is 0 Å². The number of ether oxygens (including phenoxy) is 1. The molecule has 0 bridgehead atoms. The molecular weight excluding hydrogens is 208 g/mol. The second-order valence-corrected chi connectivity index (χ2v) is 3.22. The molecule has 11 heavy (non-hydrogen) atoms. The second kappa shape index (κ2) is 8.21. The number of methoxy groups -OCH3 is 1. The van der Waals surface area contributed by atoms with Gasteiger partial charge < -0.3 is 4.74 Å². The van der Waals surface area contributed by atoms with E-state index in [0.717, 1.165) is 18.2 Å². The van der Waals surface area contributed by atoms with Crippen molar-refractivity contribution in [2.45, 2.75) is 25.7 Å². The smallest absolute Gasteiger partial charge is 0.133 e. The van der Waals surface area contributed by atoms with Crippen LogP contribution >= 0.6 is 15.9 Å². The van der Waals surface area contributed by atoms with Crippen LogP contribution in [0.5, 0.6) is 0 Å². The van der Waals surface area contributed by atoms with Gasteiger partial charge in [0.25, 0.3) is 0 Å². The maximum atomic E-state index is 11.0. The first-order chi connectivity index (χ1) is 5.31. The molecule has 2 nitrogen and oxygen atoms in total. The molecule has 0 aromatic rings. The van der Waals surface area contributed by atoms with Crippen molar-refractivity contribution in [2.75, 3.05) is 19.0 Å². The summed E-state index contributed by atoms with van der Waals surface area (Å²) < 4.78 is 4.84. The summed E-state index contributed by atoms with van der Waals surface area (Å²) in [6.07, 6.45) is 3.18. The summed E-state index contributed by atoms with van der Waals surface area (Å²) >= 11 is 3.28. The number of ketones is 1. The molecule has 0 unspecified atom stereocenters. The molecule has 0 amide bonds. The van der Waals surface area contributed by atoms with Gasteiger partial charge in [-0.1, -0.05) is 15.9 Å². The number of hydrogen-bond acceptors (Lipinski definition) is 2. The van der Waals surface area contributed by atoms with Crippen LogP contribution in [0.1, 0.15) is 25.7 Å². The number of rotatable bonds is 7. The molecule has 66 valence electrons. The average molecular weight is 223 g/mol. The normalized spacial score (nSPS) is 10.0. The lowest BCUT2D eigenvalue weighted by molar-refractivity contribution is -0.119. The molecule has 0 radical (unpaired) electrons. The molecule has 0 atom stereocenters. The standard InChI is InChI=1S/C8H15BrO2/c1-11-7-3-5-8(10)4-2-6-9/h2-7H2,1H3. The molecule has 0 N–H and O–H groups in total. The second-order valence-electron chi connectivity index (χ2n) is 2.43. The predicted octanol–water partition coefficient (Wildman–Crippen LogP) is 2.16. The largest absolute Gasteiger partial charge is 0.385 e. The van der Waals surface area contributed by atoms with Crippen LogP contribution in [0, 0.1) is 0 Å². The van der Waals surface area contributed by atoms with Gasteiger partial charge in [-0.2, -0.15) is 0 Å². The topological polar surface area (TPSA) is 26.3 Å². The average Bonchev–Trinajstić information content (AvgIpc) is 2.01. The predicted molar refractivity (Wildman–Crippen MR) is 49.1 cm³/mol. The summed E-state index contributed by atoms with van der Waals surface area (Å²) in [5.74, 6) is 0.349. The zero-order valence-electron chi connectivity index (χ0n) is 6.94. The van der Waals surface area contributed by atoms with E-state index in [1.165, 1.54) is 0 Å². The van der Waals surface area contributed by atoms with E-state index in [-0.39, 0.29) is 0 Å². The van der Waals surface area contributed by atoms with Crippen molar-refractivity contribution in [1.82, 2.24) is 0 Å². The monoisotopic (exact) mass is 222 g/mol. The number of halogens is 1. The van der Waals surface area contributed by atoms with Crippen LogP contribution in [-0.4, -0.2) is 24.8 Å². The van der Waals surface area contributed by atoms with E-state index in [4.69, 9.17) is 4.74 Å². The summed E-state index contributed by atoms with van der Waals surface area (Å²) in [5, 5.41) is 0.920. The van der Waals surface area contributed by atoms with E-state index < -0.39 is 0 Å². The zero-order chi connectivity index (χ0) is 8.53. The Morgan fingerprint density at radius 3 is 2.55 bits per heavy atom. The number of alkyl halides is 1. The Morgan fingerprint density at radius 1 is 1.36 bits per heavy atom. The minimum atomic E-state index is 0.349. The molecule has 0 aromatic carbocycles. The van der Waals surface area contributed by atoms with Gasteiger partial charge in [0, 0.05) is 31.9 Å². The fourth-order valence-electron chi connectivity index (χ4n) is 0.803. The van der Waals surface area contributed by atoms with Crippen molar-refractivity contribution in [3.05, 3.63) is 0 Å². The Hall–Kier alpha value is 0.110. The molecule has 0 fully saturated rings. The first-order valence-electron chi connectivity index (χ1n) is 3.88. The maximum absolute atomic E-state index is 11.0. The summed E-state index contributed by atoms with van der Waals surface area (Å²) in [4.78, 5) is 11.0. The van der Waals surface area contributed by atoms with Crippen LogP contribution in [0.4, 0.5) is 0 Å². The molecule has 0 saturated carbocycles. The van der Waals surface area contributed by atoms with Crippen LogP contribution in [0.15, 0.2) is 0 Å². The molecule has 0 aliphatic rings. The lowest BCUT2D eigenvalue weighted by atomic mass is 10.1. The van der Waals surface area contributed by atoms with E-state index in [1.807, 2.05) is 0 Å². The fourth-order valence-corrected chi connectivity index (χ4v) is 1.08. The maximum Gasteiger partial charge on any atom is 0.133 e. The van der Waals surface area contributed by atoms with Crippen LogP contribution in [-0.2, 0) is 9.53 Å². The third kappa shape index (κ3) is 8.01. The molecule has 0 rings (SSSR count). The van der Waals surface area contributed by atoms with E-state index in [2.05, 4.69) is 15.9 Å². The van der Waals surface area contributed by atoms with E-state index >= 15 is 0 Å². The molecular formula is C8H15BrO2. The number of carbonyl (C=O) groups is 1. The lowest BCUT2D eigenvalue weighted by Gasteiger charge is -1.98. The highest BCUT2D eigenvalue weighted by Gasteiger charge is 1.99.